The van der Waals surface area contributed by atoms with Crippen molar-refractivity contribution in [2.24, 2.45) is 0 Å². The molecule has 0 atom stereocenters. The van der Waals surface area contributed by atoms with Gasteiger partial charge in [0.25, 0.3) is 0 Å². The first-order valence-electron chi connectivity index (χ1n) is 8.40. The Kier molecular flexibility index (Phi) is 5.51. The van der Waals surface area contributed by atoms with Crippen LogP contribution in [0.5, 0.6) is 5.75 Å². The number of halogens is 1. The van der Waals surface area contributed by atoms with Gasteiger partial charge in [-0.3, -0.25) is 4.79 Å². The standard InChI is InChI=1S/C21H19ClO5/c1-12-7-17(26-11-14-5-4-6-15(22)9-14)20-13(2)16(10-19(23)25-3)21(24)27-18(20)8-12/h4-9H,10-11H2,1-3H3. The van der Waals surface area contributed by atoms with E-state index in [0.717, 1.165) is 11.1 Å². The van der Waals surface area contributed by atoms with Crippen molar-refractivity contribution in [1.82, 2.24) is 0 Å². The lowest BCUT2D eigenvalue weighted by Crippen LogP contribution is -2.16. The van der Waals surface area contributed by atoms with Crippen molar-refractivity contribution < 1.29 is 18.7 Å². The third-order valence-electron chi connectivity index (χ3n) is 4.32. The van der Waals surface area contributed by atoms with Crippen molar-refractivity contribution in [3.05, 3.63) is 74.1 Å². The highest BCUT2D eigenvalue weighted by Gasteiger charge is 2.18. The zero-order valence-corrected chi connectivity index (χ0v) is 16.1. The van der Waals surface area contributed by atoms with Crippen LogP contribution in [-0.4, -0.2) is 13.1 Å². The summed E-state index contributed by atoms with van der Waals surface area (Å²) in [6.07, 6.45) is -0.151. The summed E-state index contributed by atoms with van der Waals surface area (Å²) in [7, 11) is 1.28. The molecule has 0 radical (unpaired) electrons. The second kappa shape index (κ2) is 7.84. The molecule has 0 spiro atoms. The largest absolute Gasteiger partial charge is 0.488 e. The summed E-state index contributed by atoms with van der Waals surface area (Å²) in [5.41, 5.74) is 2.61. The molecule has 1 heterocycles. The van der Waals surface area contributed by atoms with Gasteiger partial charge in [0.2, 0.25) is 0 Å². The topological polar surface area (TPSA) is 65.7 Å². The van der Waals surface area contributed by atoms with Crippen LogP contribution in [0, 0.1) is 13.8 Å². The zero-order valence-electron chi connectivity index (χ0n) is 15.3. The minimum atomic E-state index is -0.545. The van der Waals surface area contributed by atoms with Crippen molar-refractivity contribution in [1.29, 1.82) is 0 Å². The van der Waals surface area contributed by atoms with Crippen LogP contribution in [-0.2, 0) is 22.6 Å². The smallest absolute Gasteiger partial charge is 0.340 e. The van der Waals surface area contributed by atoms with Crippen LogP contribution in [0.15, 0.2) is 45.6 Å². The van der Waals surface area contributed by atoms with Crippen LogP contribution in [0.2, 0.25) is 5.02 Å². The van der Waals surface area contributed by atoms with Crippen LogP contribution in [0.1, 0.15) is 22.3 Å². The van der Waals surface area contributed by atoms with E-state index in [9.17, 15) is 9.59 Å². The highest BCUT2D eigenvalue weighted by atomic mass is 35.5. The number of carbonyl (C=O) groups excluding carboxylic acids is 1. The molecule has 0 amide bonds. The van der Waals surface area contributed by atoms with E-state index in [2.05, 4.69) is 4.74 Å². The number of esters is 1. The Bertz CT molecular complexity index is 1070. The fraction of sp³-hybridized carbons (Fsp3) is 0.238. The molecule has 0 aliphatic carbocycles. The van der Waals surface area contributed by atoms with Gasteiger partial charge in [0.1, 0.15) is 17.9 Å². The Balaban J connectivity index is 2.07. The Morgan fingerprint density at radius 3 is 2.67 bits per heavy atom. The van der Waals surface area contributed by atoms with Gasteiger partial charge in [-0.05, 0) is 54.8 Å². The van der Waals surface area contributed by atoms with Gasteiger partial charge in [0.15, 0.2) is 0 Å². The van der Waals surface area contributed by atoms with Gasteiger partial charge in [0, 0.05) is 5.02 Å². The molecule has 6 heteroatoms. The number of hydrogen-bond donors (Lipinski definition) is 0. The number of aryl methyl sites for hydroxylation is 2. The maximum Gasteiger partial charge on any atom is 0.340 e. The van der Waals surface area contributed by atoms with E-state index < -0.39 is 11.6 Å². The van der Waals surface area contributed by atoms with Gasteiger partial charge in [-0.15, -0.1) is 0 Å². The summed E-state index contributed by atoms with van der Waals surface area (Å²) in [5.74, 6) is 0.0793. The lowest BCUT2D eigenvalue weighted by atomic mass is 10.0. The Hall–Kier alpha value is -2.79. The SMILES string of the molecule is COC(=O)Cc1c(C)c2c(OCc3cccc(Cl)c3)cc(C)cc2oc1=O. The number of methoxy groups -OCH3 is 1. The average molecular weight is 387 g/mol. The quantitative estimate of drug-likeness (QED) is 0.481. The average Bonchev–Trinajstić information content (AvgIpc) is 2.62. The van der Waals surface area contributed by atoms with E-state index in [4.69, 9.17) is 20.8 Å². The van der Waals surface area contributed by atoms with Crippen molar-refractivity contribution in [2.75, 3.05) is 7.11 Å². The van der Waals surface area contributed by atoms with Crippen LogP contribution in [0.3, 0.4) is 0 Å². The summed E-state index contributed by atoms with van der Waals surface area (Å²) in [5, 5.41) is 1.30. The van der Waals surface area contributed by atoms with Gasteiger partial charge in [-0.25, -0.2) is 4.79 Å². The fourth-order valence-electron chi connectivity index (χ4n) is 2.96. The van der Waals surface area contributed by atoms with Gasteiger partial charge in [-0.2, -0.15) is 0 Å². The lowest BCUT2D eigenvalue weighted by molar-refractivity contribution is -0.139. The molecule has 27 heavy (non-hydrogen) atoms. The Labute approximate surface area is 161 Å². The first-order chi connectivity index (χ1) is 12.9. The summed E-state index contributed by atoms with van der Waals surface area (Å²) in [6, 6.07) is 11.0. The molecule has 0 bridgehead atoms. The molecule has 0 fully saturated rings. The molecule has 0 saturated heterocycles. The van der Waals surface area contributed by atoms with Gasteiger partial charge >= 0.3 is 11.6 Å². The van der Waals surface area contributed by atoms with Crippen LogP contribution in [0.4, 0.5) is 0 Å². The molecule has 3 aromatic rings. The van der Waals surface area contributed by atoms with Gasteiger partial charge in [0.05, 0.1) is 24.5 Å². The maximum absolute atomic E-state index is 12.3. The minimum Gasteiger partial charge on any atom is -0.488 e. The highest BCUT2D eigenvalue weighted by molar-refractivity contribution is 6.30. The predicted molar refractivity (Wildman–Crippen MR) is 103 cm³/mol. The summed E-state index contributed by atoms with van der Waals surface area (Å²) in [4.78, 5) is 24.0. The second-order valence-electron chi connectivity index (χ2n) is 6.30. The predicted octanol–water partition coefficient (Wildman–Crippen LogP) is 4.36. The Morgan fingerprint density at radius 2 is 1.96 bits per heavy atom. The molecule has 0 aliphatic rings. The van der Waals surface area contributed by atoms with Crippen molar-refractivity contribution in [3.63, 3.8) is 0 Å². The summed E-state index contributed by atoms with van der Waals surface area (Å²) in [6.45, 7) is 3.98. The van der Waals surface area contributed by atoms with Gasteiger partial charge in [-0.1, -0.05) is 23.7 Å². The number of ether oxygens (including phenoxy) is 2. The normalized spacial score (nSPS) is 10.8. The monoisotopic (exact) mass is 386 g/mol. The second-order valence-corrected chi connectivity index (χ2v) is 6.74. The fourth-order valence-corrected chi connectivity index (χ4v) is 3.17. The Morgan fingerprint density at radius 1 is 1.19 bits per heavy atom. The molecule has 3 rings (SSSR count). The van der Waals surface area contributed by atoms with Crippen molar-refractivity contribution in [3.8, 4) is 5.75 Å². The zero-order chi connectivity index (χ0) is 19.6. The maximum atomic E-state index is 12.3. The molecule has 0 saturated carbocycles. The lowest BCUT2D eigenvalue weighted by Gasteiger charge is -2.14. The van der Waals surface area contributed by atoms with E-state index >= 15 is 0 Å². The molecule has 0 N–H and O–H groups in total. The van der Waals surface area contributed by atoms with Crippen LogP contribution >= 0.6 is 11.6 Å². The summed E-state index contributed by atoms with van der Waals surface area (Å²) >= 11 is 6.02. The first kappa shape index (κ1) is 19.0. The van der Waals surface area contributed by atoms with E-state index in [0.29, 0.717) is 33.9 Å². The molecular weight excluding hydrogens is 368 g/mol. The van der Waals surface area contributed by atoms with Gasteiger partial charge < -0.3 is 13.9 Å². The minimum absolute atomic E-state index is 0.151. The van der Waals surface area contributed by atoms with E-state index in [-0.39, 0.29) is 12.0 Å². The van der Waals surface area contributed by atoms with Crippen molar-refractivity contribution in [2.45, 2.75) is 26.9 Å². The van der Waals surface area contributed by atoms with Crippen molar-refractivity contribution >= 4 is 28.5 Å². The highest BCUT2D eigenvalue weighted by Crippen LogP contribution is 2.32. The first-order valence-corrected chi connectivity index (χ1v) is 8.78. The number of fused-ring (bicyclic) bond motifs is 1. The molecule has 140 valence electrons. The molecule has 0 aliphatic heterocycles. The number of benzene rings is 2. The number of carbonyl (C=O) groups is 1. The molecule has 2 aromatic carbocycles. The summed E-state index contributed by atoms with van der Waals surface area (Å²) < 4.78 is 16.1. The molecular formula is C21H19ClO5. The van der Waals surface area contributed by atoms with Crippen LogP contribution < -0.4 is 10.4 Å². The van der Waals surface area contributed by atoms with E-state index in [1.165, 1.54) is 7.11 Å². The molecule has 0 unspecified atom stereocenters. The molecule has 1 aromatic heterocycles. The third kappa shape index (κ3) is 4.14. The number of hydrogen-bond acceptors (Lipinski definition) is 5. The van der Waals surface area contributed by atoms with E-state index in [1.807, 2.05) is 31.2 Å². The number of rotatable bonds is 5. The third-order valence-corrected chi connectivity index (χ3v) is 4.55. The molecule has 5 nitrogen and oxygen atoms in total. The van der Waals surface area contributed by atoms with E-state index in [1.54, 1.807) is 19.1 Å². The van der Waals surface area contributed by atoms with Crippen LogP contribution in [0.25, 0.3) is 11.0 Å².